The fraction of sp³-hybridized carbons (Fsp3) is 0.409. The molecule has 9 heteroatoms. The van der Waals surface area contributed by atoms with E-state index in [1.165, 1.54) is 12.3 Å². The van der Waals surface area contributed by atoms with Gasteiger partial charge < -0.3 is 19.5 Å². The molecule has 2 saturated heterocycles. The summed E-state index contributed by atoms with van der Waals surface area (Å²) in [5.41, 5.74) is 1.64. The molecule has 160 valence electrons. The largest absolute Gasteiger partial charge is 0.375 e. The molecule has 2 aromatic heterocycles. The van der Waals surface area contributed by atoms with E-state index in [9.17, 15) is 8.78 Å². The molecule has 0 spiro atoms. The molecule has 0 bridgehead atoms. The van der Waals surface area contributed by atoms with Crippen LogP contribution in [0.25, 0.3) is 11.0 Å². The molecule has 1 N–H and O–H groups in total. The Morgan fingerprint density at radius 2 is 2.19 bits per heavy atom. The highest BCUT2D eigenvalue weighted by molar-refractivity contribution is 5.80. The van der Waals surface area contributed by atoms with Crippen LogP contribution in [-0.4, -0.2) is 52.9 Å². The SMILES string of the molecule is CC(c1ccc(C#N)cn1)n1c(N2CC[C@H]3OCCN[C@@H]3C2)nc2c(F)cc(F)cc21. The van der Waals surface area contributed by atoms with Crippen molar-refractivity contribution in [2.75, 3.05) is 31.1 Å². The lowest BCUT2D eigenvalue weighted by molar-refractivity contribution is -0.0137. The van der Waals surface area contributed by atoms with Crippen molar-refractivity contribution in [1.82, 2.24) is 19.9 Å². The van der Waals surface area contributed by atoms with Crippen molar-refractivity contribution in [3.63, 3.8) is 0 Å². The van der Waals surface area contributed by atoms with Crippen LogP contribution in [0.15, 0.2) is 30.5 Å². The van der Waals surface area contributed by atoms with E-state index in [-0.39, 0.29) is 23.7 Å². The maximum absolute atomic E-state index is 14.6. The number of imidazole rings is 1. The Bertz CT molecular complexity index is 1160. The number of fused-ring (bicyclic) bond motifs is 2. The van der Waals surface area contributed by atoms with Crippen LogP contribution >= 0.6 is 0 Å². The summed E-state index contributed by atoms with van der Waals surface area (Å²) in [6.45, 7) is 4.76. The molecule has 0 aliphatic carbocycles. The molecule has 0 saturated carbocycles. The third kappa shape index (κ3) is 3.52. The van der Waals surface area contributed by atoms with Crippen molar-refractivity contribution >= 4 is 17.0 Å². The minimum atomic E-state index is -0.691. The number of morpholine rings is 1. The standard InChI is InChI=1S/C22H22F2N6O/c1-13(17-3-2-14(10-25)11-27-17)30-19-9-15(23)8-16(24)21(19)28-22(30)29-6-4-20-18(12-29)26-5-7-31-20/h2-3,8-9,11,13,18,20,26H,4-7,12H2,1H3/t13?,18-,20-/m1/s1. The Morgan fingerprint density at radius 1 is 1.32 bits per heavy atom. The topological polar surface area (TPSA) is 79.0 Å². The maximum atomic E-state index is 14.6. The molecule has 1 unspecified atom stereocenters. The summed E-state index contributed by atoms with van der Waals surface area (Å²) in [7, 11) is 0. The first-order valence-electron chi connectivity index (χ1n) is 10.4. The van der Waals surface area contributed by atoms with E-state index in [4.69, 9.17) is 10.00 Å². The van der Waals surface area contributed by atoms with Gasteiger partial charge in [0.25, 0.3) is 0 Å². The van der Waals surface area contributed by atoms with Gasteiger partial charge in [-0.2, -0.15) is 5.26 Å². The molecule has 2 fully saturated rings. The number of nitrogens with zero attached hydrogens (tertiary/aromatic N) is 5. The maximum Gasteiger partial charge on any atom is 0.207 e. The third-order valence-corrected chi connectivity index (χ3v) is 6.10. The van der Waals surface area contributed by atoms with Crippen molar-refractivity contribution in [2.45, 2.75) is 31.5 Å². The summed E-state index contributed by atoms with van der Waals surface area (Å²) in [5, 5.41) is 12.5. The molecule has 5 rings (SSSR count). The van der Waals surface area contributed by atoms with Crippen LogP contribution in [0.3, 0.4) is 0 Å². The number of hydrogen-bond acceptors (Lipinski definition) is 6. The van der Waals surface area contributed by atoms with Gasteiger partial charge in [0.05, 0.1) is 41.6 Å². The molecular weight excluding hydrogens is 402 g/mol. The number of pyridine rings is 1. The molecule has 3 aromatic rings. The van der Waals surface area contributed by atoms with Gasteiger partial charge in [0.2, 0.25) is 5.95 Å². The van der Waals surface area contributed by atoms with Gasteiger partial charge in [-0.1, -0.05) is 0 Å². The quantitative estimate of drug-likeness (QED) is 0.697. The Balaban J connectivity index is 1.60. The minimum Gasteiger partial charge on any atom is -0.375 e. The molecular formula is C22H22F2N6O. The van der Waals surface area contributed by atoms with Crippen molar-refractivity contribution in [3.05, 3.63) is 53.4 Å². The van der Waals surface area contributed by atoms with E-state index in [2.05, 4.69) is 26.3 Å². The number of hydrogen-bond donors (Lipinski definition) is 1. The minimum absolute atomic E-state index is 0.131. The van der Waals surface area contributed by atoms with Crippen LogP contribution in [0.4, 0.5) is 14.7 Å². The molecule has 0 amide bonds. The number of aromatic nitrogens is 3. The molecule has 7 nitrogen and oxygen atoms in total. The van der Waals surface area contributed by atoms with E-state index in [0.717, 1.165) is 19.0 Å². The van der Waals surface area contributed by atoms with Crippen LogP contribution in [0.2, 0.25) is 0 Å². The van der Waals surface area contributed by atoms with Gasteiger partial charge in [-0.3, -0.25) is 4.98 Å². The number of benzene rings is 1. The molecule has 2 aliphatic rings. The second kappa shape index (κ2) is 7.87. The second-order valence-electron chi connectivity index (χ2n) is 8.00. The molecule has 4 heterocycles. The van der Waals surface area contributed by atoms with Crippen LogP contribution in [0, 0.1) is 23.0 Å². The number of rotatable bonds is 3. The summed E-state index contributed by atoms with van der Waals surface area (Å²) in [6, 6.07) is 7.48. The summed E-state index contributed by atoms with van der Waals surface area (Å²) in [5.74, 6) is -0.772. The summed E-state index contributed by atoms with van der Waals surface area (Å²) >= 11 is 0. The zero-order chi connectivity index (χ0) is 21.5. The van der Waals surface area contributed by atoms with E-state index >= 15 is 0 Å². The average molecular weight is 424 g/mol. The number of halogens is 2. The first-order chi connectivity index (χ1) is 15.0. The molecule has 2 aliphatic heterocycles. The van der Waals surface area contributed by atoms with Gasteiger partial charge in [0.15, 0.2) is 5.82 Å². The third-order valence-electron chi connectivity index (χ3n) is 6.10. The lowest BCUT2D eigenvalue weighted by Gasteiger charge is -2.42. The predicted molar refractivity (Wildman–Crippen MR) is 111 cm³/mol. The van der Waals surface area contributed by atoms with Crippen LogP contribution in [0.1, 0.15) is 30.6 Å². The van der Waals surface area contributed by atoms with E-state index in [0.29, 0.717) is 42.4 Å². The summed E-state index contributed by atoms with van der Waals surface area (Å²) in [6.07, 6.45) is 2.47. The van der Waals surface area contributed by atoms with Crippen molar-refractivity contribution in [3.8, 4) is 6.07 Å². The number of nitrogens with one attached hydrogen (secondary N) is 1. The van der Waals surface area contributed by atoms with E-state index in [1.54, 1.807) is 12.1 Å². The fourth-order valence-corrected chi connectivity index (χ4v) is 4.53. The molecule has 0 radical (unpaired) electrons. The summed E-state index contributed by atoms with van der Waals surface area (Å²) in [4.78, 5) is 11.1. The van der Waals surface area contributed by atoms with Crippen LogP contribution < -0.4 is 10.2 Å². The zero-order valence-electron chi connectivity index (χ0n) is 17.1. The first kappa shape index (κ1) is 19.8. The van der Waals surface area contributed by atoms with Crippen molar-refractivity contribution < 1.29 is 13.5 Å². The lowest BCUT2D eigenvalue weighted by Crippen LogP contribution is -2.58. The molecule has 1 aromatic carbocycles. The highest BCUT2D eigenvalue weighted by Gasteiger charge is 2.35. The van der Waals surface area contributed by atoms with Crippen LogP contribution in [-0.2, 0) is 4.74 Å². The highest BCUT2D eigenvalue weighted by Crippen LogP contribution is 2.33. The Morgan fingerprint density at radius 3 is 2.97 bits per heavy atom. The summed E-state index contributed by atoms with van der Waals surface area (Å²) < 4.78 is 36.5. The number of piperidine rings is 1. The van der Waals surface area contributed by atoms with Gasteiger partial charge in [0.1, 0.15) is 17.4 Å². The molecule has 31 heavy (non-hydrogen) atoms. The van der Waals surface area contributed by atoms with Gasteiger partial charge in [-0.25, -0.2) is 13.8 Å². The van der Waals surface area contributed by atoms with Crippen molar-refractivity contribution in [2.24, 2.45) is 0 Å². The van der Waals surface area contributed by atoms with Crippen molar-refractivity contribution in [1.29, 1.82) is 5.26 Å². The van der Waals surface area contributed by atoms with Gasteiger partial charge in [0, 0.05) is 38.0 Å². The number of anilines is 1. The van der Waals surface area contributed by atoms with E-state index in [1.807, 2.05) is 11.5 Å². The molecule has 3 atom stereocenters. The number of ether oxygens (including phenoxy) is 1. The number of nitriles is 1. The Labute approximate surface area is 178 Å². The Hall–Kier alpha value is -3.09. The van der Waals surface area contributed by atoms with E-state index < -0.39 is 11.6 Å². The average Bonchev–Trinajstić information content (AvgIpc) is 3.18. The smallest absolute Gasteiger partial charge is 0.207 e. The van der Waals surface area contributed by atoms with Gasteiger partial charge in [-0.05, 0) is 25.5 Å². The van der Waals surface area contributed by atoms with Gasteiger partial charge in [-0.15, -0.1) is 0 Å². The Kier molecular flexibility index (Phi) is 5.04. The normalized spacial score (nSPS) is 22.2. The first-order valence-corrected chi connectivity index (χ1v) is 10.4. The zero-order valence-corrected chi connectivity index (χ0v) is 17.1. The fourth-order valence-electron chi connectivity index (χ4n) is 4.53. The predicted octanol–water partition coefficient (Wildman–Crippen LogP) is 2.76. The monoisotopic (exact) mass is 424 g/mol. The van der Waals surface area contributed by atoms with Gasteiger partial charge >= 0.3 is 0 Å². The lowest BCUT2D eigenvalue weighted by atomic mass is 10.0. The second-order valence-corrected chi connectivity index (χ2v) is 8.00. The highest BCUT2D eigenvalue weighted by atomic mass is 19.1. The van der Waals surface area contributed by atoms with Crippen LogP contribution in [0.5, 0.6) is 0 Å².